The van der Waals surface area contributed by atoms with Gasteiger partial charge in [-0.2, -0.15) is 13.2 Å². The highest BCUT2D eigenvalue weighted by atomic mass is 32.2. The lowest BCUT2D eigenvalue weighted by Crippen LogP contribution is -2.42. The Morgan fingerprint density at radius 2 is 1.67 bits per heavy atom. The van der Waals surface area contributed by atoms with Crippen molar-refractivity contribution >= 4 is 15.7 Å². The molecule has 1 aliphatic rings. The van der Waals surface area contributed by atoms with E-state index in [0.29, 0.717) is 12.1 Å². The van der Waals surface area contributed by atoms with Crippen LogP contribution in [0.5, 0.6) is 0 Å². The van der Waals surface area contributed by atoms with E-state index >= 15 is 0 Å². The van der Waals surface area contributed by atoms with Crippen molar-refractivity contribution in [2.45, 2.75) is 36.9 Å². The van der Waals surface area contributed by atoms with Gasteiger partial charge >= 0.3 is 6.18 Å². The van der Waals surface area contributed by atoms with E-state index in [1.807, 2.05) is 12.1 Å². The fraction of sp³-hybridized carbons (Fsp3) is 0.294. The standard InChI is InChI=1S/C17H16F3NO2S/c1-12-6-7-13-4-2-3-5-16(13)21(12)24(22,23)15-10-8-14(9-11-15)17(18,19)20/h2-5,8-12H,6-7H2,1H3. The molecule has 0 N–H and O–H groups in total. The van der Waals surface area contributed by atoms with E-state index in [1.54, 1.807) is 19.1 Å². The summed E-state index contributed by atoms with van der Waals surface area (Å²) in [6.07, 6.45) is -3.06. The second-order valence-electron chi connectivity index (χ2n) is 5.84. The average Bonchev–Trinajstić information content (AvgIpc) is 2.53. The quantitative estimate of drug-likeness (QED) is 0.808. The van der Waals surface area contributed by atoms with E-state index in [2.05, 4.69) is 0 Å². The largest absolute Gasteiger partial charge is 0.416 e. The number of sulfonamides is 1. The molecule has 0 saturated carbocycles. The number of hydrogen-bond acceptors (Lipinski definition) is 2. The van der Waals surface area contributed by atoms with E-state index in [9.17, 15) is 21.6 Å². The van der Waals surface area contributed by atoms with Crippen LogP contribution in [0.3, 0.4) is 0 Å². The molecule has 1 atom stereocenters. The first-order chi connectivity index (χ1) is 11.2. The Kier molecular flexibility index (Phi) is 4.07. The Bertz CT molecular complexity index is 845. The van der Waals surface area contributed by atoms with Crippen LogP contribution in [0.15, 0.2) is 53.4 Å². The fourth-order valence-corrected chi connectivity index (χ4v) is 4.68. The zero-order valence-corrected chi connectivity index (χ0v) is 13.7. The van der Waals surface area contributed by atoms with Crippen LogP contribution in [-0.4, -0.2) is 14.5 Å². The van der Waals surface area contributed by atoms with Crippen molar-refractivity contribution in [2.75, 3.05) is 4.31 Å². The molecule has 0 aliphatic carbocycles. The molecule has 3 rings (SSSR count). The average molecular weight is 355 g/mol. The van der Waals surface area contributed by atoms with Gasteiger partial charge in [-0.1, -0.05) is 18.2 Å². The van der Waals surface area contributed by atoms with Gasteiger partial charge in [-0.15, -0.1) is 0 Å². The molecule has 0 saturated heterocycles. The third-order valence-electron chi connectivity index (χ3n) is 4.20. The summed E-state index contributed by atoms with van der Waals surface area (Å²) in [6.45, 7) is 1.80. The maximum absolute atomic E-state index is 13.0. The Labute approximate surface area is 138 Å². The number of rotatable bonds is 2. The molecular formula is C17H16F3NO2S. The predicted molar refractivity (Wildman–Crippen MR) is 85.3 cm³/mol. The number of para-hydroxylation sites is 1. The van der Waals surface area contributed by atoms with Crippen LogP contribution in [0, 0.1) is 0 Å². The second kappa shape index (κ2) is 5.81. The first kappa shape index (κ1) is 16.8. The van der Waals surface area contributed by atoms with Crippen LogP contribution in [-0.2, 0) is 22.6 Å². The smallest absolute Gasteiger partial charge is 0.263 e. The second-order valence-corrected chi connectivity index (χ2v) is 7.65. The summed E-state index contributed by atoms with van der Waals surface area (Å²) >= 11 is 0. The predicted octanol–water partition coefficient (Wildman–Crippen LogP) is 4.24. The number of aryl methyl sites for hydroxylation is 1. The number of fused-ring (bicyclic) bond motifs is 1. The first-order valence-corrected chi connectivity index (χ1v) is 8.95. The number of alkyl halides is 3. The minimum atomic E-state index is -4.49. The molecule has 0 bridgehead atoms. The Balaban J connectivity index is 2.05. The molecule has 0 amide bonds. The molecule has 24 heavy (non-hydrogen) atoms. The van der Waals surface area contributed by atoms with E-state index < -0.39 is 21.8 Å². The van der Waals surface area contributed by atoms with Crippen LogP contribution in [0.4, 0.5) is 18.9 Å². The highest BCUT2D eigenvalue weighted by molar-refractivity contribution is 7.92. The zero-order valence-electron chi connectivity index (χ0n) is 12.9. The molecule has 0 spiro atoms. The Morgan fingerprint density at radius 1 is 1.04 bits per heavy atom. The van der Waals surface area contributed by atoms with E-state index in [-0.39, 0.29) is 10.9 Å². The summed E-state index contributed by atoms with van der Waals surface area (Å²) in [6, 6.07) is 10.6. The van der Waals surface area contributed by atoms with Crippen molar-refractivity contribution in [3.63, 3.8) is 0 Å². The molecule has 0 fully saturated rings. The molecule has 0 aromatic heterocycles. The fourth-order valence-electron chi connectivity index (χ4n) is 2.95. The van der Waals surface area contributed by atoms with E-state index in [0.717, 1.165) is 36.2 Å². The maximum atomic E-state index is 13.0. The number of hydrogen-bond donors (Lipinski definition) is 0. The monoisotopic (exact) mass is 355 g/mol. The number of halogens is 3. The van der Waals surface area contributed by atoms with Gasteiger partial charge in [-0.3, -0.25) is 4.31 Å². The number of anilines is 1. The molecule has 128 valence electrons. The van der Waals surface area contributed by atoms with Gasteiger partial charge in [0.25, 0.3) is 10.0 Å². The van der Waals surface area contributed by atoms with E-state index in [4.69, 9.17) is 0 Å². The van der Waals surface area contributed by atoms with Crippen molar-refractivity contribution < 1.29 is 21.6 Å². The van der Waals surface area contributed by atoms with Gasteiger partial charge in [0.2, 0.25) is 0 Å². The lowest BCUT2D eigenvalue weighted by molar-refractivity contribution is -0.137. The van der Waals surface area contributed by atoms with Crippen molar-refractivity contribution in [2.24, 2.45) is 0 Å². The third kappa shape index (κ3) is 2.88. The summed E-state index contributed by atoms with van der Waals surface area (Å²) in [5.74, 6) is 0. The lowest BCUT2D eigenvalue weighted by atomic mass is 9.99. The van der Waals surface area contributed by atoms with Crippen LogP contribution in [0.2, 0.25) is 0 Å². The molecule has 2 aromatic rings. The minimum absolute atomic E-state index is 0.140. The van der Waals surface area contributed by atoms with Crippen molar-refractivity contribution in [1.82, 2.24) is 0 Å². The van der Waals surface area contributed by atoms with Gasteiger partial charge in [-0.25, -0.2) is 8.42 Å². The van der Waals surface area contributed by atoms with Crippen LogP contribution in [0.1, 0.15) is 24.5 Å². The summed E-state index contributed by atoms with van der Waals surface area (Å²) in [4.78, 5) is -0.140. The summed E-state index contributed by atoms with van der Waals surface area (Å²) in [7, 11) is -3.92. The van der Waals surface area contributed by atoms with Crippen molar-refractivity contribution in [1.29, 1.82) is 0 Å². The van der Waals surface area contributed by atoms with E-state index in [1.165, 1.54) is 4.31 Å². The molecule has 7 heteroatoms. The molecule has 3 nitrogen and oxygen atoms in total. The number of nitrogens with zero attached hydrogens (tertiary/aromatic N) is 1. The first-order valence-electron chi connectivity index (χ1n) is 7.51. The van der Waals surface area contributed by atoms with Gasteiger partial charge in [0.15, 0.2) is 0 Å². The van der Waals surface area contributed by atoms with Crippen LogP contribution in [0.25, 0.3) is 0 Å². The van der Waals surface area contributed by atoms with Gasteiger partial charge in [-0.05, 0) is 55.7 Å². The molecule has 2 aromatic carbocycles. The van der Waals surface area contributed by atoms with Crippen molar-refractivity contribution in [3.05, 3.63) is 59.7 Å². The zero-order chi connectivity index (χ0) is 17.5. The Morgan fingerprint density at radius 3 is 2.29 bits per heavy atom. The van der Waals surface area contributed by atoms with Gasteiger partial charge in [0.05, 0.1) is 16.1 Å². The molecule has 1 unspecified atom stereocenters. The maximum Gasteiger partial charge on any atom is 0.416 e. The number of benzene rings is 2. The summed E-state index contributed by atoms with van der Waals surface area (Å²) < 4.78 is 65.3. The lowest BCUT2D eigenvalue weighted by Gasteiger charge is -2.36. The Hall–Kier alpha value is -2.02. The SMILES string of the molecule is CC1CCc2ccccc2N1S(=O)(=O)c1ccc(C(F)(F)F)cc1. The topological polar surface area (TPSA) is 37.4 Å². The highest BCUT2D eigenvalue weighted by Crippen LogP contribution is 2.36. The van der Waals surface area contributed by atoms with Gasteiger partial charge in [0, 0.05) is 6.04 Å². The highest BCUT2D eigenvalue weighted by Gasteiger charge is 2.35. The van der Waals surface area contributed by atoms with Crippen LogP contribution >= 0.6 is 0 Å². The molecule has 1 heterocycles. The van der Waals surface area contributed by atoms with Crippen molar-refractivity contribution in [3.8, 4) is 0 Å². The van der Waals surface area contributed by atoms with Gasteiger partial charge < -0.3 is 0 Å². The molecule has 1 aliphatic heterocycles. The third-order valence-corrected chi connectivity index (χ3v) is 6.14. The van der Waals surface area contributed by atoms with Crippen LogP contribution < -0.4 is 4.31 Å². The summed E-state index contributed by atoms with van der Waals surface area (Å²) in [5.41, 5.74) is 0.649. The normalized spacial score (nSPS) is 18.3. The molecular weight excluding hydrogens is 339 g/mol. The molecule has 0 radical (unpaired) electrons. The summed E-state index contributed by atoms with van der Waals surface area (Å²) in [5, 5.41) is 0. The van der Waals surface area contributed by atoms with Gasteiger partial charge in [0.1, 0.15) is 0 Å². The minimum Gasteiger partial charge on any atom is -0.263 e.